The van der Waals surface area contributed by atoms with E-state index in [1.54, 1.807) is 78.2 Å². The molecular formula is C40H37N9O3S2. The summed E-state index contributed by atoms with van der Waals surface area (Å²) in [5.41, 5.74) is 4.87. The van der Waals surface area contributed by atoms with Crippen LogP contribution in [0.3, 0.4) is 0 Å². The number of pyridine rings is 2. The first-order valence-corrected chi connectivity index (χ1v) is 19.5. The lowest BCUT2D eigenvalue weighted by Crippen LogP contribution is -2.28. The van der Waals surface area contributed by atoms with Crippen molar-refractivity contribution in [2.24, 2.45) is 0 Å². The number of anilines is 3. The molecule has 1 saturated heterocycles. The number of carbonyl (C=O) groups excluding carboxylic acids is 2. The Kier molecular flexibility index (Phi) is 10.8. The molecule has 1 fully saturated rings. The van der Waals surface area contributed by atoms with Crippen LogP contribution >= 0.6 is 22.7 Å². The van der Waals surface area contributed by atoms with Crippen LogP contribution in [0.25, 0.3) is 28.1 Å². The van der Waals surface area contributed by atoms with E-state index in [1.807, 2.05) is 24.3 Å². The Morgan fingerprint density at radius 3 is 2.06 bits per heavy atom. The molecule has 1 atom stereocenters. The number of rotatable bonds is 11. The fourth-order valence-corrected chi connectivity index (χ4v) is 8.50. The van der Waals surface area contributed by atoms with Crippen LogP contribution < -0.4 is 15.5 Å². The SMILES string of the molecule is O=C(Cc1ccc(C2=CC(c3cnc(-c4ccc(NC(=O)Cc5ccc(N6CCCCC6)s5)nc4)cn3)OCC2)s1)Nc1ccc(-c2cnccn2)cn1. The number of ether oxygens (including phenoxy) is 1. The molecule has 1 unspecified atom stereocenters. The van der Waals surface area contributed by atoms with Crippen LogP contribution in [-0.4, -0.2) is 61.4 Å². The zero-order valence-corrected chi connectivity index (χ0v) is 31.0. The second-order valence-electron chi connectivity index (χ2n) is 13.0. The maximum atomic E-state index is 12.8. The van der Waals surface area contributed by atoms with Gasteiger partial charge >= 0.3 is 0 Å². The lowest BCUT2D eigenvalue weighted by molar-refractivity contribution is -0.116. The summed E-state index contributed by atoms with van der Waals surface area (Å²) >= 11 is 3.29. The largest absolute Gasteiger partial charge is 0.367 e. The van der Waals surface area contributed by atoms with Crippen molar-refractivity contribution in [1.29, 1.82) is 0 Å². The van der Waals surface area contributed by atoms with Crippen LogP contribution in [0.5, 0.6) is 0 Å². The molecule has 0 bridgehead atoms. The van der Waals surface area contributed by atoms with Gasteiger partial charge in [0.15, 0.2) is 0 Å². The van der Waals surface area contributed by atoms with Crippen LogP contribution in [0.2, 0.25) is 0 Å². The molecule has 6 aromatic heterocycles. The van der Waals surface area contributed by atoms with Gasteiger partial charge in [-0.25, -0.2) is 9.97 Å². The van der Waals surface area contributed by atoms with Gasteiger partial charge in [-0.05, 0) is 85.9 Å². The normalized spacial score (nSPS) is 15.7. The molecular weight excluding hydrogens is 719 g/mol. The van der Waals surface area contributed by atoms with Crippen molar-refractivity contribution in [3.05, 3.63) is 118 Å². The van der Waals surface area contributed by atoms with Crippen LogP contribution in [0.1, 0.15) is 52.1 Å². The first kappa shape index (κ1) is 35.3. The van der Waals surface area contributed by atoms with Gasteiger partial charge in [0.25, 0.3) is 0 Å². The zero-order chi connectivity index (χ0) is 36.7. The molecule has 2 aliphatic heterocycles. The van der Waals surface area contributed by atoms with E-state index in [1.165, 1.54) is 24.3 Å². The number of thiophene rings is 2. The Hall–Kier alpha value is -5.70. The molecule has 272 valence electrons. The molecule has 2 amide bonds. The minimum Gasteiger partial charge on any atom is -0.367 e. The highest BCUT2D eigenvalue weighted by atomic mass is 32.1. The summed E-state index contributed by atoms with van der Waals surface area (Å²) in [7, 11) is 0. The lowest BCUT2D eigenvalue weighted by atomic mass is 10.0. The quantitative estimate of drug-likeness (QED) is 0.137. The molecule has 0 saturated carbocycles. The summed E-state index contributed by atoms with van der Waals surface area (Å²) < 4.78 is 6.06. The molecule has 0 aliphatic carbocycles. The molecule has 0 aromatic carbocycles. The van der Waals surface area contributed by atoms with E-state index in [-0.39, 0.29) is 24.3 Å². The molecule has 6 aromatic rings. The number of aromatic nitrogens is 6. The van der Waals surface area contributed by atoms with Crippen molar-refractivity contribution in [2.45, 2.75) is 44.6 Å². The number of nitrogens with zero attached hydrogens (tertiary/aromatic N) is 7. The molecule has 14 heteroatoms. The molecule has 8 heterocycles. The van der Waals surface area contributed by atoms with E-state index in [2.05, 4.69) is 63.6 Å². The highest BCUT2D eigenvalue weighted by Crippen LogP contribution is 2.34. The number of hydrogen-bond donors (Lipinski definition) is 2. The Morgan fingerprint density at radius 2 is 1.41 bits per heavy atom. The molecule has 2 N–H and O–H groups in total. The van der Waals surface area contributed by atoms with Crippen molar-refractivity contribution < 1.29 is 14.3 Å². The standard InChI is InChI=1S/C40H37N9O3S2/c50-38(47-36-9-4-27(21-45-36)31-23-41-13-14-42-31)19-29-6-8-35(53-29)26-12-17-52-34(18-26)33-25-43-32(24-44-33)28-5-10-37(46-22-28)48-39(51)20-30-7-11-40(54-30)49-15-2-1-3-16-49/h4-11,13-14,18,21-25,34H,1-3,12,15-17,19-20H2,(H,45,47,50)(H,46,48,51). The van der Waals surface area contributed by atoms with Gasteiger partial charge in [0.2, 0.25) is 11.8 Å². The third-order valence-corrected chi connectivity index (χ3v) is 11.5. The van der Waals surface area contributed by atoms with E-state index >= 15 is 0 Å². The molecule has 0 radical (unpaired) electrons. The van der Waals surface area contributed by atoms with Gasteiger partial charge in [-0.3, -0.25) is 29.5 Å². The highest BCUT2D eigenvalue weighted by Gasteiger charge is 2.21. The summed E-state index contributed by atoms with van der Waals surface area (Å²) in [6.07, 6.45) is 18.5. The second-order valence-corrected chi connectivity index (χ2v) is 15.3. The predicted molar refractivity (Wildman–Crippen MR) is 211 cm³/mol. The predicted octanol–water partition coefficient (Wildman–Crippen LogP) is 7.41. The minimum atomic E-state index is -0.338. The third kappa shape index (κ3) is 8.73. The maximum Gasteiger partial charge on any atom is 0.230 e. The van der Waals surface area contributed by atoms with Crippen molar-refractivity contribution in [3.63, 3.8) is 0 Å². The number of nitrogens with one attached hydrogen (secondary N) is 2. The van der Waals surface area contributed by atoms with Crippen LogP contribution in [0.4, 0.5) is 16.6 Å². The van der Waals surface area contributed by atoms with Gasteiger partial charge in [-0.2, -0.15) is 0 Å². The van der Waals surface area contributed by atoms with Crippen molar-refractivity contribution in [3.8, 4) is 22.5 Å². The lowest BCUT2D eigenvalue weighted by Gasteiger charge is -2.27. The van der Waals surface area contributed by atoms with Crippen molar-refractivity contribution >= 4 is 56.7 Å². The Labute approximate surface area is 320 Å². The van der Waals surface area contributed by atoms with E-state index < -0.39 is 0 Å². The van der Waals surface area contributed by atoms with Gasteiger partial charge < -0.3 is 20.3 Å². The van der Waals surface area contributed by atoms with E-state index in [0.717, 1.165) is 56.5 Å². The smallest absolute Gasteiger partial charge is 0.230 e. The summed E-state index contributed by atoms with van der Waals surface area (Å²) in [6.45, 7) is 2.73. The van der Waals surface area contributed by atoms with Crippen LogP contribution in [0.15, 0.2) is 98.0 Å². The number of hydrogen-bond acceptors (Lipinski definition) is 12. The minimum absolute atomic E-state index is 0.0918. The monoisotopic (exact) mass is 755 g/mol. The Morgan fingerprint density at radius 1 is 0.704 bits per heavy atom. The van der Waals surface area contributed by atoms with E-state index in [0.29, 0.717) is 36.1 Å². The van der Waals surface area contributed by atoms with E-state index in [4.69, 9.17) is 4.74 Å². The number of piperidine rings is 1. The summed E-state index contributed by atoms with van der Waals surface area (Å²) in [5.74, 6) is 0.747. The number of amides is 2. The first-order valence-electron chi connectivity index (χ1n) is 17.9. The topological polar surface area (TPSA) is 148 Å². The van der Waals surface area contributed by atoms with Gasteiger partial charge in [-0.15, -0.1) is 22.7 Å². The summed E-state index contributed by atoms with van der Waals surface area (Å²) in [4.78, 5) is 57.6. The maximum absolute atomic E-state index is 12.8. The molecule has 54 heavy (non-hydrogen) atoms. The van der Waals surface area contributed by atoms with Crippen LogP contribution in [0, 0.1) is 0 Å². The summed E-state index contributed by atoms with van der Waals surface area (Å²) in [5, 5.41) is 7.04. The van der Waals surface area contributed by atoms with Crippen LogP contribution in [-0.2, 0) is 27.2 Å². The molecule has 2 aliphatic rings. The Balaban J connectivity index is 0.836. The first-order chi connectivity index (χ1) is 26.5. The van der Waals surface area contributed by atoms with Crippen molar-refractivity contribution in [1.82, 2.24) is 29.9 Å². The average Bonchev–Trinajstić information content (AvgIpc) is 3.89. The van der Waals surface area contributed by atoms with Gasteiger partial charge in [0.1, 0.15) is 17.7 Å². The zero-order valence-electron chi connectivity index (χ0n) is 29.4. The average molecular weight is 756 g/mol. The fourth-order valence-electron chi connectivity index (χ4n) is 6.39. The second kappa shape index (κ2) is 16.5. The van der Waals surface area contributed by atoms with Gasteiger partial charge in [-0.1, -0.05) is 0 Å². The third-order valence-electron chi connectivity index (χ3n) is 9.16. The molecule has 12 nitrogen and oxygen atoms in total. The van der Waals surface area contributed by atoms with Gasteiger partial charge in [0, 0.05) is 63.6 Å². The highest BCUT2D eigenvalue weighted by molar-refractivity contribution is 7.16. The van der Waals surface area contributed by atoms with Crippen molar-refractivity contribution in [2.75, 3.05) is 35.2 Å². The summed E-state index contributed by atoms with van der Waals surface area (Å²) in [6, 6.07) is 15.5. The number of carbonyl (C=O) groups is 2. The molecule has 8 rings (SSSR count). The fraction of sp³-hybridized carbons (Fsp3) is 0.250. The Bertz CT molecular complexity index is 2230. The van der Waals surface area contributed by atoms with Gasteiger partial charge in [0.05, 0.1) is 60.1 Å². The van der Waals surface area contributed by atoms with E-state index in [9.17, 15) is 9.59 Å². The molecule has 0 spiro atoms.